The number of ether oxygens (including phenoxy) is 2. The first kappa shape index (κ1) is 10.9. The standard InChI is InChI=1S/C8H17O3/c1-2-3-5-10-6-4-7-11-8-9/h2-8H2,1H3. The third-order valence-electron chi connectivity index (χ3n) is 1.30. The van der Waals surface area contributed by atoms with E-state index in [0.29, 0.717) is 13.2 Å². The second kappa shape index (κ2) is 9.88. The summed E-state index contributed by atoms with van der Waals surface area (Å²) >= 11 is 0. The molecular weight excluding hydrogens is 144 g/mol. The van der Waals surface area contributed by atoms with Crippen molar-refractivity contribution in [2.75, 3.05) is 26.6 Å². The van der Waals surface area contributed by atoms with Crippen LogP contribution in [-0.2, 0) is 14.6 Å². The molecule has 0 aliphatic heterocycles. The van der Waals surface area contributed by atoms with Gasteiger partial charge < -0.3 is 9.47 Å². The number of hydrogen-bond donors (Lipinski definition) is 0. The van der Waals surface area contributed by atoms with Crippen molar-refractivity contribution in [1.29, 1.82) is 0 Å². The number of unbranched alkanes of at least 4 members (excludes halogenated alkanes) is 1. The van der Waals surface area contributed by atoms with Gasteiger partial charge in [0, 0.05) is 13.2 Å². The Morgan fingerprint density at radius 3 is 2.27 bits per heavy atom. The minimum atomic E-state index is -0.436. The van der Waals surface area contributed by atoms with Crippen molar-refractivity contribution in [3.8, 4) is 0 Å². The Bertz CT molecular complexity index is 58.4. The molecule has 0 aromatic rings. The van der Waals surface area contributed by atoms with Crippen molar-refractivity contribution in [2.45, 2.75) is 26.2 Å². The number of rotatable bonds is 8. The summed E-state index contributed by atoms with van der Waals surface area (Å²) in [5, 5.41) is 9.80. The molecule has 0 spiro atoms. The van der Waals surface area contributed by atoms with E-state index in [1.54, 1.807) is 0 Å². The van der Waals surface area contributed by atoms with E-state index < -0.39 is 6.79 Å². The Morgan fingerprint density at radius 2 is 1.64 bits per heavy atom. The van der Waals surface area contributed by atoms with Crippen LogP contribution in [0.3, 0.4) is 0 Å². The van der Waals surface area contributed by atoms with E-state index in [9.17, 15) is 5.11 Å². The van der Waals surface area contributed by atoms with Gasteiger partial charge in [0.2, 0.25) is 0 Å². The van der Waals surface area contributed by atoms with Crippen LogP contribution in [0.1, 0.15) is 26.2 Å². The van der Waals surface area contributed by atoms with Gasteiger partial charge in [-0.25, -0.2) is 5.11 Å². The minimum Gasteiger partial charge on any atom is -0.381 e. The fourth-order valence-electron chi connectivity index (χ4n) is 0.670. The maximum atomic E-state index is 9.80. The lowest BCUT2D eigenvalue weighted by atomic mass is 10.4. The monoisotopic (exact) mass is 161 g/mol. The van der Waals surface area contributed by atoms with E-state index in [-0.39, 0.29) is 0 Å². The molecule has 0 bridgehead atoms. The summed E-state index contributed by atoms with van der Waals surface area (Å²) in [5.41, 5.74) is 0. The van der Waals surface area contributed by atoms with Gasteiger partial charge in [-0.15, -0.1) is 0 Å². The summed E-state index contributed by atoms with van der Waals surface area (Å²) < 4.78 is 9.84. The maximum absolute atomic E-state index is 9.80. The molecule has 3 nitrogen and oxygen atoms in total. The lowest BCUT2D eigenvalue weighted by Crippen LogP contribution is -2.01. The summed E-state index contributed by atoms with van der Waals surface area (Å²) in [6.45, 7) is 3.75. The molecule has 0 aromatic carbocycles. The molecule has 0 atom stereocenters. The average Bonchev–Trinajstić information content (AvgIpc) is 2.03. The van der Waals surface area contributed by atoms with Crippen molar-refractivity contribution in [3.63, 3.8) is 0 Å². The van der Waals surface area contributed by atoms with Gasteiger partial charge in [0.05, 0.1) is 6.61 Å². The Hall–Kier alpha value is -0.120. The molecule has 0 saturated carbocycles. The van der Waals surface area contributed by atoms with Crippen molar-refractivity contribution in [3.05, 3.63) is 0 Å². The highest BCUT2D eigenvalue weighted by Crippen LogP contribution is 1.89. The molecule has 3 heteroatoms. The summed E-state index contributed by atoms with van der Waals surface area (Å²) in [7, 11) is 0. The van der Waals surface area contributed by atoms with E-state index >= 15 is 0 Å². The van der Waals surface area contributed by atoms with Gasteiger partial charge in [-0.2, -0.15) is 0 Å². The third kappa shape index (κ3) is 9.88. The molecule has 0 heterocycles. The fraction of sp³-hybridized carbons (Fsp3) is 1.00. The van der Waals surface area contributed by atoms with E-state index in [0.717, 1.165) is 25.9 Å². The molecule has 0 aromatic heterocycles. The van der Waals surface area contributed by atoms with Gasteiger partial charge in [-0.05, 0) is 12.8 Å². The molecule has 0 amide bonds. The normalized spacial score (nSPS) is 10.4. The van der Waals surface area contributed by atoms with Crippen LogP contribution in [-0.4, -0.2) is 26.6 Å². The zero-order chi connectivity index (χ0) is 8.36. The van der Waals surface area contributed by atoms with Gasteiger partial charge in [0.25, 0.3) is 0 Å². The summed E-state index contributed by atoms with van der Waals surface area (Å²) in [4.78, 5) is 0. The number of hydrogen-bond acceptors (Lipinski definition) is 2. The summed E-state index contributed by atoms with van der Waals surface area (Å²) in [5.74, 6) is 0. The van der Waals surface area contributed by atoms with Gasteiger partial charge >= 0.3 is 0 Å². The molecule has 0 saturated heterocycles. The maximum Gasteiger partial charge on any atom is 0.180 e. The highest BCUT2D eigenvalue weighted by Gasteiger charge is 1.88. The van der Waals surface area contributed by atoms with Crippen LogP contribution in [0.5, 0.6) is 0 Å². The summed E-state index contributed by atoms with van der Waals surface area (Å²) in [6, 6.07) is 0. The quantitative estimate of drug-likeness (QED) is 0.400. The van der Waals surface area contributed by atoms with Crippen molar-refractivity contribution >= 4 is 0 Å². The molecule has 0 aliphatic rings. The molecule has 0 unspecified atom stereocenters. The lowest BCUT2D eigenvalue weighted by molar-refractivity contribution is -0.0491. The molecule has 0 aliphatic carbocycles. The van der Waals surface area contributed by atoms with Crippen molar-refractivity contribution in [1.82, 2.24) is 0 Å². The van der Waals surface area contributed by atoms with Crippen LogP contribution in [0.2, 0.25) is 0 Å². The molecule has 0 rings (SSSR count). The Labute approximate surface area is 68.3 Å². The molecule has 67 valence electrons. The van der Waals surface area contributed by atoms with E-state index in [2.05, 4.69) is 11.7 Å². The minimum absolute atomic E-state index is 0.436. The SMILES string of the molecule is CCCCOCCCOC[O]. The first-order valence-electron chi connectivity index (χ1n) is 4.15. The largest absolute Gasteiger partial charge is 0.381 e. The third-order valence-corrected chi connectivity index (χ3v) is 1.30. The molecule has 0 fully saturated rings. The second-order valence-corrected chi connectivity index (χ2v) is 2.35. The van der Waals surface area contributed by atoms with Gasteiger partial charge in [-0.3, -0.25) is 0 Å². The zero-order valence-electron chi connectivity index (χ0n) is 7.17. The molecule has 0 N–H and O–H groups in total. The molecule has 11 heavy (non-hydrogen) atoms. The predicted octanol–water partition coefficient (Wildman–Crippen LogP) is 1.60. The second-order valence-electron chi connectivity index (χ2n) is 2.35. The highest BCUT2D eigenvalue weighted by atomic mass is 16.6. The van der Waals surface area contributed by atoms with E-state index in [1.165, 1.54) is 0 Å². The van der Waals surface area contributed by atoms with Crippen LogP contribution in [0.4, 0.5) is 0 Å². The van der Waals surface area contributed by atoms with Crippen LogP contribution < -0.4 is 0 Å². The van der Waals surface area contributed by atoms with Crippen LogP contribution >= 0.6 is 0 Å². The Balaban J connectivity index is 2.69. The average molecular weight is 161 g/mol. The fourth-order valence-corrected chi connectivity index (χ4v) is 0.670. The highest BCUT2D eigenvalue weighted by molar-refractivity contribution is 4.35. The van der Waals surface area contributed by atoms with Gasteiger partial charge in [0.1, 0.15) is 0 Å². The van der Waals surface area contributed by atoms with Crippen LogP contribution in [0.25, 0.3) is 0 Å². The lowest BCUT2D eigenvalue weighted by Gasteiger charge is -2.01. The van der Waals surface area contributed by atoms with Crippen molar-refractivity contribution < 1.29 is 14.6 Å². The zero-order valence-corrected chi connectivity index (χ0v) is 7.17. The Morgan fingerprint density at radius 1 is 1.00 bits per heavy atom. The molecule has 1 radical (unpaired) electrons. The Kier molecular flexibility index (Phi) is 9.77. The van der Waals surface area contributed by atoms with Gasteiger partial charge in [-0.1, -0.05) is 13.3 Å². The van der Waals surface area contributed by atoms with Crippen LogP contribution in [0, 0.1) is 0 Å². The van der Waals surface area contributed by atoms with E-state index in [4.69, 9.17) is 4.74 Å². The van der Waals surface area contributed by atoms with E-state index in [1.807, 2.05) is 0 Å². The first-order chi connectivity index (χ1) is 5.41. The molecular formula is C8H17O3. The van der Waals surface area contributed by atoms with Gasteiger partial charge in [0.15, 0.2) is 6.79 Å². The van der Waals surface area contributed by atoms with Crippen molar-refractivity contribution in [2.24, 2.45) is 0 Å². The topological polar surface area (TPSA) is 38.4 Å². The smallest absolute Gasteiger partial charge is 0.180 e. The van der Waals surface area contributed by atoms with Crippen LogP contribution in [0.15, 0.2) is 0 Å². The predicted molar refractivity (Wildman–Crippen MR) is 41.8 cm³/mol. The summed E-state index contributed by atoms with van der Waals surface area (Å²) in [6.07, 6.45) is 3.10. The first-order valence-corrected chi connectivity index (χ1v) is 4.15.